The molecule has 0 aromatic heterocycles. The quantitative estimate of drug-likeness (QED) is 0.857. The Bertz CT molecular complexity index is 392. The molecule has 1 aliphatic rings. The van der Waals surface area contributed by atoms with Crippen molar-refractivity contribution in [2.45, 2.75) is 52.0 Å². The zero-order valence-electron chi connectivity index (χ0n) is 11.6. The minimum atomic E-state index is 0.354. The third-order valence-electron chi connectivity index (χ3n) is 3.65. The molecule has 2 heteroatoms. The minimum Gasteiger partial charge on any atom is -0.367 e. The van der Waals surface area contributed by atoms with Crippen LogP contribution in [0.2, 0.25) is 0 Å². The summed E-state index contributed by atoms with van der Waals surface area (Å²) in [7, 11) is 0. The highest BCUT2D eigenvalue weighted by molar-refractivity contribution is 5.82. The zero-order valence-corrected chi connectivity index (χ0v) is 11.6. The first-order chi connectivity index (χ1) is 8.79. The molecule has 0 aliphatic carbocycles. The SMILES string of the molecule is CCc1ccc(C(C)NC2=NCCCCC2)cc1. The maximum Gasteiger partial charge on any atom is 0.0967 e. The highest BCUT2D eigenvalue weighted by atomic mass is 15.0. The molecule has 0 saturated heterocycles. The first-order valence-electron chi connectivity index (χ1n) is 7.18. The Morgan fingerprint density at radius 2 is 1.94 bits per heavy atom. The summed E-state index contributed by atoms with van der Waals surface area (Å²) in [5.74, 6) is 1.19. The Balaban J connectivity index is 1.97. The van der Waals surface area contributed by atoms with E-state index < -0.39 is 0 Å². The predicted molar refractivity (Wildman–Crippen MR) is 78.1 cm³/mol. The van der Waals surface area contributed by atoms with Crippen LogP contribution in [0.4, 0.5) is 0 Å². The second-order valence-corrected chi connectivity index (χ2v) is 5.10. The van der Waals surface area contributed by atoms with Gasteiger partial charge in [-0.2, -0.15) is 0 Å². The summed E-state index contributed by atoms with van der Waals surface area (Å²) in [4.78, 5) is 4.63. The number of rotatable bonds is 3. The van der Waals surface area contributed by atoms with E-state index >= 15 is 0 Å². The fourth-order valence-corrected chi connectivity index (χ4v) is 2.37. The molecule has 0 amide bonds. The van der Waals surface area contributed by atoms with E-state index in [0.29, 0.717) is 6.04 Å². The van der Waals surface area contributed by atoms with Gasteiger partial charge >= 0.3 is 0 Å². The fraction of sp³-hybridized carbons (Fsp3) is 0.562. The molecule has 0 radical (unpaired) electrons. The summed E-state index contributed by atoms with van der Waals surface area (Å²) < 4.78 is 0. The lowest BCUT2D eigenvalue weighted by molar-refractivity contribution is 0.693. The Labute approximate surface area is 111 Å². The van der Waals surface area contributed by atoms with Gasteiger partial charge in [0.1, 0.15) is 0 Å². The monoisotopic (exact) mass is 244 g/mol. The highest BCUT2D eigenvalue weighted by Gasteiger charge is 2.09. The van der Waals surface area contributed by atoms with E-state index in [1.165, 1.54) is 36.2 Å². The molecule has 98 valence electrons. The topological polar surface area (TPSA) is 24.4 Å². The van der Waals surface area contributed by atoms with Gasteiger partial charge < -0.3 is 5.32 Å². The van der Waals surface area contributed by atoms with E-state index in [0.717, 1.165) is 19.4 Å². The van der Waals surface area contributed by atoms with Gasteiger partial charge in [0.15, 0.2) is 0 Å². The van der Waals surface area contributed by atoms with Gasteiger partial charge in [0.2, 0.25) is 0 Å². The van der Waals surface area contributed by atoms with Gasteiger partial charge in [0.25, 0.3) is 0 Å². The van der Waals surface area contributed by atoms with Gasteiger partial charge in [-0.15, -0.1) is 0 Å². The van der Waals surface area contributed by atoms with E-state index in [4.69, 9.17) is 0 Å². The van der Waals surface area contributed by atoms with E-state index in [2.05, 4.69) is 48.4 Å². The second kappa shape index (κ2) is 6.58. The molecular weight excluding hydrogens is 220 g/mol. The summed E-state index contributed by atoms with van der Waals surface area (Å²) in [6.45, 7) is 5.40. The van der Waals surface area contributed by atoms with Crippen LogP contribution in [0.5, 0.6) is 0 Å². The summed E-state index contributed by atoms with van der Waals surface area (Å²) in [6, 6.07) is 9.26. The molecule has 1 aliphatic heterocycles. The van der Waals surface area contributed by atoms with E-state index in [-0.39, 0.29) is 0 Å². The van der Waals surface area contributed by atoms with Crippen LogP contribution in [0.15, 0.2) is 29.3 Å². The molecule has 1 N–H and O–H groups in total. The molecule has 1 unspecified atom stereocenters. The van der Waals surface area contributed by atoms with Crippen LogP contribution in [0.1, 0.15) is 56.7 Å². The largest absolute Gasteiger partial charge is 0.367 e. The molecule has 0 fully saturated rings. The predicted octanol–water partition coefficient (Wildman–Crippen LogP) is 3.87. The molecule has 0 saturated carbocycles. The average Bonchev–Trinajstić information content (AvgIpc) is 2.67. The first kappa shape index (κ1) is 13.1. The van der Waals surface area contributed by atoms with Crippen LogP contribution < -0.4 is 5.32 Å². The average molecular weight is 244 g/mol. The number of nitrogens with one attached hydrogen (secondary N) is 1. The highest BCUT2D eigenvalue weighted by Crippen LogP contribution is 2.15. The Kier molecular flexibility index (Phi) is 4.80. The smallest absolute Gasteiger partial charge is 0.0967 e. The second-order valence-electron chi connectivity index (χ2n) is 5.10. The minimum absolute atomic E-state index is 0.354. The Morgan fingerprint density at radius 3 is 2.67 bits per heavy atom. The lowest BCUT2D eigenvalue weighted by Gasteiger charge is -2.17. The third kappa shape index (κ3) is 3.59. The molecule has 1 aromatic rings. The van der Waals surface area contributed by atoms with E-state index in [1.807, 2.05) is 0 Å². The number of hydrogen-bond donors (Lipinski definition) is 1. The molecule has 18 heavy (non-hydrogen) atoms. The van der Waals surface area contributed by atoms with Crippen LogP contribution >= 0.6 is 0 Å². The van der Waals surface area contributed by atoms with Crippen LogP contribution in [0.25, 0.3) is 0 Å². The molecule has 2 nitrogen and oxygen atoms in total. The zero-order chi connectivity index (χ0) is 12.8. The van der Waals surface area contributed by atoms with Crippen molar-refractivity contribution in [3.05, 3.63) is 35.4 Å². The van der Waals surface area contributed by atoms with Gasteiger partial charge in [0.05, 0.1) is 5.84 Å². The van der Waals surface area contributed by atoms with Crippen molar-refractivity contribution in [3.63, 3.8) is 0 Å². The summed E-state index contributed by atoms with van der Waals surface area (Å²) in [5, 5.41) is 3.56. The van der Waals surface area contributed by atoms with Crippen molar-refractivity contribution in [1.82, 2.24) is 5.32 Å². The van der Waals surface area contributed by atoms with E-state index in [9.17, 15) is 0 Å². The van der Waals surface area contributed by atoms with Crippen LogP contribution in [-0.2, 0) is 6.42 Å². The van der Waals surface area contributed by atoms with Gasteiger partial charge in [0, 0.05) is 19.0 Å². The lowest BCUT2D eigenvalue weighted by atomic mass is 10.0. The van der Waals surface area contributed by atoms with Crippen molar-refractivity contribution < 1.29 is 0 Å². The fourth-order valence-electron chi connectivity index (χ4n) is 2.37. The molecular formula is C16H24N2. The summed E-state index contributed by atoms with van der Waals surface area (Å²) in [6.07, 6.45) is 6.04. The van der Waals surface area contributed by atoms with Crippen molar-refractivity contribution >= 4 is 5.84 Å². The van der Waals surface area contributed by atoms with Gasteiger partial charge in [-0.05, 0) is 37.3 Å². The number of aryl methyl sites for hydroxylation is 1. The normalized spacial score (nSPS) is 17.8. The molecule has 1 atom stereocenters. The first-order valence-corrected chi connectivity index (χ1v) is 7.18. The lowest BCUT2D eigenvalue weighted by Crippen LogP contribution is -2.26. The Morgan fingerprint density at radius 1 is 1.17 bits per heavy atom. The van der Waals surface area contributed by atoms with Crippen molar-refractivity contribution in [1.29, 1.82) is 0 Å². The number of benzene rings is 1. The van der Waals surface area contributed by atoms with Crippen molar-refractivity contribution in [3.8, 4) is 0 Å². The number of nitrogens with zero attached hydrogens (tertiary/aromatic N) is 1. The molecule has 0 bridgehead atoms. The van der Waals surface area contributed by atoms with Gasteiger partial charge in [-0.3, -0.25) is 4.99 Å². The van der Waals surface area contributed by atoms with Gasteiger partial charge in [-0.25, -0.2) is 0 Å². The van der Waals surface area contributed by atoms with E-state index in [1.54, 1.807) is 0 Å². The summed E-state index contributed by atoms with van der Waals surface area (Å²) in [5.41, 5.74) is 2.75. The molecule has 1 heterocycles. The number of aliphatic imine (C=N–C) groups is 1. The van der Waals surface area contributed by atoms with Crippen molar-refractivity contribution in [2.24, 2.45) is 4.99 Å². The summed E-state index contributed by atoms with van der Waals surface area (Å²) >= 11 is 0. The number of hydrogen-bond acceptors (Lipinski definition) is 2. The van der Waals surface area contributed by atoms with Crippen LogP contribution in [0, 0.1) is 0 Å². The Hall–Kier alpha value is -1.31. The van der Waals surface area contributed by atoms with Gasteiger partial charge in [-0.1, -0.05) is 37.6 Å². The number of amidine groups is 1. The van der Waals surface area contributed by atoms with Crippen LogP contribution in [0.3, 0.4) is 0 Å². The third-order valence-corrected chi connectivity index (χ3v) is 3.65. The maximum absolute atomic E-state index is 4.63. The van der Waals surface area contributed by atoms with Crippen LogP contribution in [-0.4, -0.2) is 12.4 Å². The van der Waals surface area contributed by atoms with Crippen molar-refractivity contribution in [2.75, 3.05) is 6.54 Å². The molecule has 1 aromatic carbocycles. The standard InChI is InChI=1S/C16H24N2/c1-3-14-8-10-15(11-9-14)13(2)18-16-7-5-4-6-12-17-16/h8-11,13H,3-7,12H2,1-2H3,(H,17,18). The maximum atomic E-state index is 4.63. The molecule has 2 rings (SSSR count). The molecule has 0 spiro atoms.